The number of benzene rings is 1. The van der Waals surface area contributed by atoms with E-state index >= 15 is 0 Å². The minimum Gasteiger partial charge on any atom is -0.597 e. The molecule has 122 valence electrons. The number of rotatable bonds is 3. The highest BCUT2D eigenvalue weighted by molar-refractivity contribution is 7.90. The van der Waals surface area contributed by atoms with Crippen molar-refractivity contribution >= 4 is 11.4 Å². The largest absolute Gasteiger partial charge is 0.597 e. The Morgan fingerprint density at radius 3 is 2.23 bits per heavy atom. The first kappa shape index (κ1) is 18.8. The number of hydrogen-bond donors (Lipinski definition) is 0. The van der Waals surface area contributed by atoms with Crippen molar-refractivity contribution in [3.63, 3.8) is 0 Å². The van der Waals surface area contributed by atoms with Crippen molar-refractivity contribution < 1.29 is 17.7 Å². The first-order valence-electron chi connectivity index (χ1n) is 6.66. The number of nitriles is 1. The van der Waals surface area contributed by atoms with Gasteiger partial charge in [-0.2, -0.15) is 18.4 Å². The zero-order valence-electron chi connectivity index (χ0n) is 13.2. The van der Waals surface area contributed by atoms with Crippen LogP contribution in [0.1, 0.15) is 50.4 Å². The molecule has 0 spiro atoms. The van der Waals surface area contributed by atoms with Crippen LogP contribution in [-0.4, -0.2) is 20.7 Å². The Morgan fingerprint density at radius 1 is 1.27 bits per heavy atom. The minimum absolute atomic E-state index is 0.0494. The molecule has 0 aliphatic heterocycles. The number of alkyl halides is 3. The van der Waals surface area contributed by atoms with Crippen molar-refractivity contribution in [2.75, 3.05) is 7.05 Å². The first-order valence-corrected chi connectivity index (χ1v) is 7.77. The molecule has 1 rings (SSSR count). The van der Waals surface area contributed by atoms with E-state index in [1.165, 1.54) is 23.5 Å². The average Bonchev–Trinajstić information content (AvgIpc) is 2.41. The van der Waals surface area contributed by atoms with Gasteiger partial charge in [0.2, 0.25) is 0 Å². The van der Waals surface area contributed by atoms with Gasteiger partial charge in [-0.15, -0.1) is 4.31 Å². The molecule has 1 aromatic rings. The van der Waals surface area contributed by atoms with Crippen molar-refractivity contribution in [3.05, 3.63) is 34.9 Å². The van der Waals surface area contributed by atoms with Gasteiger partial charge in [-0.1, -0.05) is 12.1 Å². The fourth-order valence-corrected chi connectivity index (χ4v) is 3.36. The molecular formula is C15H19F3N2OS. The summed E-state index contributed by atoms with van der Waals surface area (Å²) in [6.07, 6.45) is -4.64. The first-order chi connectivity index (χ1) is 9.91. The minimum atomic E-state index is -4.64. The van der Waals surface area contributed by atoms with Gasteiger partial charge in [0.05, 0.1) is 23.2 Å². The second-order valence-electron chi connectivity index (χ2n) is 5.96. The Hall–Kier alpha value is -1.23. The van der Waals surface area contributed by atoms with Crippen LogP contribution in [-0.2, 0) is 17.5 Å². The van der Waals surface area contributed by atoms with Crippen molar-refractivity contribution in [1.29, 1.82) is 5.26 Å². The standard InChI is InChI=1S/C15H19F3N2OS/c1-10(20(5)22(21)14(2,3)4)12-8-6-7-11(9-19)13(12)15(16,17)18/h6-8,10H,1-5H3. The van der Waals surface area contributed by atoms with E-state index in [4.69, 9.17) is 5.26 Å². The van der Waals surface area contributed by atoms with Gasteiger partial charge < -0.3 is 4.55 Å². The Labute approximate surface area is 132 Å². The summed E-state index contributed by atoms with van der Waals surface area (Å²) in [6.45, 7) is 6.81. The third kappa shape index (κ3) is 3.94. The maximum absolute atomic E-state index is 13.3. The van der Waals surface area contributed by atoms with Crippen LogP contribution in [0.25, 0.3) is 0 Å². The molecule has 0 amide bonds. The quantitative estimate of drug-likeness (QED) is 0.785. The molecule has 22 heavy (non-hydrogen) atoms. The highest BCUT2D eigenvalue weighted by Crippen LogP contribution is 2.39. The van der Waals surface area contributed by atoms with E-state index in [2.05, 4.69) is 0 Å². The fraction of sp³-hybridized carbons (Fsp3) is 0.533. The monoisotopic (exact) mass is 332 g/mol. The predicted molar refractivity (Wildman–Crippen MR) is 80.2 cm³/mol. The lowest BCUT2D eigenvalue weighted by Crippen LogP contribution is -2.42. The number of nitrogens with zero attached hydrogens (tertiary/aromatic N) is 2. The van der Waals surface area contributed by atoms with E-state index in [9.17, 15) is 17.7 Å². The summed E-state index contributed by atoms with van der Waals surface area (Å²) in [5, 5.41) is 8.94. The Bertz CT molecular complexity index is 576. The van der Waals surface area contributed by atoms with Crippen molar-refractivity contribution in [3.8, 4) is 6.07 Å². The molecule has 0 aliphatic rings. The van der Waals surface area contributed by atoms with Gasteiger partial charge in [0.1, 0.15) is 4.75 Å². The summed E-state index contributed by atoms with van der Waals surface area (Å²) >= 11 is -1.47. The van der Waals surface area contributed by atoms with Crippen LogP contribution in [0, 0.1) is 11.3 Å². The summed E-state index contributed by atoms with van der Waals surface area (Å²) in [5.74, 6) is 0. The van der Waals surface area contributed by atoms with Gasteiger partial charge in [0.15, 0.2) is 0 Å². The van der Waals surface area contributed by atoms with E-state index in [-0.39, 0.29) is 5.56 Å². The fourth-order valence-electron chi connectivity index (χ4n) is 2.10. The molecule has 2 atom stereocenters. The van der Waals surface area contributed by atoms with Gasteiger partial charge in [-0.25, -0.2) is 0 Å². The molecule has 0 aliphatic carbocycles. The van der Waals surface area contributed by atoms with Gasteiger partial charge in [-0.05, 0) is 39.3 Å². The van der Waals surface area contributed by atoms with Gasteiger partial charge in [0.25, 0.3) is 0 Å². The Kier molecular flexibility index (Phi) is 5.55. The molecule has 0 saturated heterocycles. The lowest BCUT2D eigenvalue weighted by Gasteiger charge is -2.34. The van der Waals surface area contributed by atoms with Crippen LogP contribution in [0.3, 0.4) is 0 Å². The molecule has 0 fully saturated rings. The number of hydrogen-bond acceptors (Lipinski definition) is 3. The third-order valence-corrected chi connectivity index (χ3v) is 5.17. The predicted octanol–water partition coefficient (Wildman–Crippen LogP) is 4.03. The van der Waals surface area contributed by atoms with Gasteiger partial charge in [-0.3, -0.25) is 0 Å². The van der Waals surface area contributed by atoms with Crippen LogP contribution in [0.2, 0.25) is 0 Å². The molecule has 0 heterocycles. The topological polar surface area (TPSA) is 50.1 Å². The van der Waals surface area contributed by atoms with Crippen LogP contribution in [0.15, 0.2) is 18.2 Å². The zero-order valence-corrected chi connectivity index (χ0v) is 14.0. The Balaban J connectivity index is 3.36. The van der Waals surface area contributed by atoms with Gasteiger partial charge >= 0.3 is 6.18 Å². The van der Waals surface area contributed by atoms with Crippen LogP contribution in [0.4, 0.5) is 13.2 Å². The second kappa shape index (κ2) is 6.49. The van der Waals surface area contributed by atoms with Crippen molar-refractivity contribution in [2.24, 2.45) is 0 Å². The van der Waals surface area contributed by atoms with Crippen LogP contribution >= 0.6 is 0 Å². The highest BCUT2D eigenvalue weighted by Gasteiger charge is 2.41. The van der Waals surface area contributed by atoms with E-state index in [1.807, 2.05) is 0 Å². The molecule has 1 aromatic carbocycles. The lowest BCUT2D eigenvalue weighted by atomic mass is 9.96. The van der Waals surface area contributed by atoms with Crippen LogP contribution in [0.5, 0.6) is 0 Å². The summed E-state index contributed by atoms with van der Waals surface area (Å²) < 4.78 is 53.1. The van der Waals surface area contributed by atoms with E-state index in [1.54, 1.807) is 33.8 Å². The van der Waals surface area contributed by atoms with Crippen LogP contribution < -0.4 is 0 Å². The molecule has 0 N–H and O–H groups in total. The molecule has 0 bridgehead atoms. The molecule has 0 saturated carbocycles. The molecule has 0 radical (unpaired) electrons. The second-order valence-corrected chi connectivity index (χ2v) is 8.26. The van der Waals surface area contributed by atoms with E-state index in [0.717, 1.165) is 6.07 Å². The third-order valence-electron chi connectivity index (χ3n) is 3.28. The smallest absolute Gasteiger partial charge is 0.418 e. The zero-order chi connectivity index (χ0) is 17.3. The molecule has 3 nitrogen and oxygen atoms in total. The van der Waals surface area contributed by atoms with Gasteiger partial charge in [0, 0.05) is 18.4 Å². The van der Waals surface area contributed by atoms with Crippen molar-refractivity contribution in [2.45, 2.75) is 44.7 Å². The summed E-state index contributed by atoms with van der Waals surface area (Å²) in [6, 6.07) is 4.71. The van der Waals surface area contributed by atoms with E-state index < -0.39 is 39.5 Å². The molecule has 7 heteroatoms. The molecule has 2 unspecified atom stereocenters. The summed E-state index contributed by atoms with van der Waals surface area (Å²) in [4.78, 5) is 0. The molecular weight excluding hydrogens is 313 g/mol. The SMILES string of the molecule is CC(c1cccc(C#N)c1C(F)(F)F)N(C)[S+]([O-])C(C)(C)C. The highest BCUT2D eigenvalue weighted by atomic mass is 32.2. The Morgan fingerprint density at radius 2 is 1.82 bits per heavy atom. The number of halogens is 3. The average molecular weight is 332 g/mol. The maximum Gasteiger partial charge on any atom is 0.418 e. The lowest BCUT2D eigenvalue weighted by molar-refractivity contribution is -0.138. The maximum atomic E-state index is 13.3. The van der Waals surface area contributed by atoms with Crippen molar-refractivity contribution in [1.82, 2.24) is 4.31 Å². The summed E-state index contributed by atoms with van der Waals surface area (Å²) in [7, 11) is 1.52. The van der Waals surface area contributed by atoms with E-state index in [0.29, 0.717) is 0 Å². The summed E-state index contributed by atoms with van der Waals surface area (Å²) in [5.41, 5.74) is -1.43. The molecule has 0 aromatic heterocycles. The normalized spacial score (nSPS) is 15.5.